The van der Waals surface area contributed by atoms with Crippen LogP contribution in [-0.4, -0.2) is 32.2 Å². The molecule has 2 N–H and O–H groups in total. The Kier molecular flexibility index (Phi) is 5.09. The van der Waals surface area contributed by atoms with Crippen molar-refractivity contribution in [2.45, 2.75) is 56.9 Å². The Morgan fingerprint density at radius 3 is 2.74 bits per heavy atom. The molecule has 0 radical (unpaired) electrons. The van der Waals surface area contributed by atoms with Crippen LogP contribution in [0.4, 0.5) is 0 Å². The molecule has 0 saturated heterocycles. The number of hydrogen-bond donors (Lipinski definition) is 2. The smallest absolute Gasteiger partial charge is 0.191 e. The summed E-state index contributed by atoms with van der Waals surface area (Å²) in [6, 6.07) is 9.19. The van der Waals surface area contributed by atoms with Gasteiger partial charge in [0.1, 0.15) is 5.75 Å². The van der Waals surface area contributed by atoms with E-state index in [0.29, 0.717) is 6.04 Å². The number of methoxy groups -OCH3 is 1. The lowest BCUT2D eigenvalue weighted by Gasteiger charge is -2.28. The van der Waals surface area contributed by atoms with Gasteiger partial charge in [-0.15, -0.1) is 0 Å². The monoisotopic (exact) mass is 315 g/mol. The number of ether oxygens (including phenoxy) is 1. The van der Waals surface area contributed by atoms with Crippen molar-refractivity contribution >= 4 is 5.96 Å². The molecular formula is C19H29N3O. The van der Waals surface area contributed by atoms with Crippen molar-refractivity contribution in [3.8, 4) is 5.75 Å². The van der Waals surface area contributed by atoms with E-state index in [2.05, 4.69) is 35.8 Å². The molecule has 0 atom stereocenters. The lowest BCUT2D eigenvalue weighted by molar-refractivity contribution is 0.407. The Morgan fingerprint density at radius 1 is 1.30 bits per heavy atom. The molecule has 2 fully saturated rings. The third-order valence-electron chi connectivity index (χ3n) is 5.05. The highest BCUT2D eigenvalue weighted by Gasteiger charge is 2.36. The van der Waals surface area contributed by atoms with Gasteiger partial charge in [0.2, 0.25) is 0 Å². The Morgan fingerprint density at radius 2 is 2.09 bits per heavy atom. The van der Waals surface area contributed by atoms with E-state index in [1.807, 2.05) is 6.07 Å². The van der Waals surface area contributed by atoms with E-state index in [1.54, 1.807) is 7.11 Å². The molecule has 0 bridgehead atoms. The van der Waals surface area contributed by atoms with E-state index >= 15 is 0 Å². The zero-order valence-corrected chi connectivity index (χ0v) is 14.4. The van der Waals surface area contributed by atoms with Crippen molar-refractivity contribution in [2.75, 3.05) is 20.2 Å². The molecule has 0 unspecified atom stereocenters. The molecule has 0 spiro atoms. The van der Waals surface area contributed by atoms with Crippen molar-refractivity contribution in [1.29, 1.82) is 0 Å². The van der Waals surface area contributed by atoms with Crippen molar-refractivity contribution < 1.29 is 4.74 Å². The van der Waals surface area contributed by atoms with E-state index < -0.39 is 0 Å². The molecule has 2 aliphatic rings. The van der Waals surface area contributed by atoms with Gasteiger partial charge in [0, 0.05) is 18.0 Å². The van der Waals surface area contributed by atoms with E-state index in [4.69, 9.17) is 9.73 Å². The second-order valence-electron chi connectivity index (χ2n) is 6.83. The van der Waals surface area contributed by atoms with E-state index in [1.165, 1.54) is 44.1 Å². The minimum Gasteiger partial charge on any atom is -0.497 e. The highest BCUT2D eigenvalue weighted by atomic mass is 16.5. The molecular weight excluding hydrogens is 286 g/mol. The number of guanidine groups is 1. The largest absolute Gasteiger partial charge is 0.497 e. The maximum absolute atomic E-state index is 5.42. The molecule has 0 amide bonds. The van der Waals surface area contributed by atoms with Crippen LogP contribution in [0.2, 0.25) is 0 Å². The molecule has 23 heavy (non-hydrogen) atoms. The number of nitrogens with zero attached hydrogens (tertiary/aromatic N) is 1. The Labute approximate surface area is 139 Å². The van der Waals surface area contributed by atoms with Crippen LogP contribution in [0.15, 0.2) is 29.3 Å². The van der Waals surface area contributed by atoms with Gasteiger partial charge >= 0.3 is 0 Å². The standard InChI is InChI=1S/C19H29N3O/c1-3-20-18(22-16-9-10-16)21-14-19(11-4-5-12-19)15-7-6-8-17(13-15)23-2/h6-8,13,16H,3-5,9-12,14H2,1-2H3,(H2,20,21,22). The normalized spacial score (nSPS) is 20.3. The topological polar surface area (TPSA) is 45.7 Å². The predicted molar refractivity (Wildman–Crippen MR) is 95.3 cm³/mol. The quantitative estimate of drug-likeness (QED) is 0.626. The predicted octanol–water partition coefficient (Wildman–Crippen LogP) is 3.22. The summed E-state index contributed by atoms with van der Waals surface area (Å²) in [6.07, 6.45) is 7.55. The van der Waals surface area contributed by atoms with E-state index in [9.17, 15) is 0 Å². The van der Waals surface area contributed by atoms with Gasteiger partial charge in [-0.05, 0) is 50.3 Å². The molecule has 0 aliphatic heterocycles. The highest BCUT2D eigenvalue weighted by molar-refractivity contribution is 5.80. The minimum atomic E-state index is 0.167. The third kappa shape index (κ3) is 3.98. The van der Waals surface area contributed by atoms with Crippen LogP contribution in [0, 0.1) is 0 Å². The van der Waals surface area contributed by atoms with Crippen LogP contribution in [0.1, 0.15) is 51.0 Å². The van der Waals surface area contributed by atoms with Crippen molar-refractivity contribution in [3.05, 3.63) is 29.8 Å². The first-order chi connectivity index (χ1) is 11.3. The van der Waals surface area contributed by atoms with Gasteiger partial charge in [-0.25, -0.2) is 0 Å². The third-order valence-corrected chi connectivity index (χ3v) is 5.05. The van der Waals surface area contributed by atoms with Crippen molar-refractivity contribution in [3.63, 3.8) is 0 Å². The fourth-order valence-corrected chi connectivity index (χ4v) is 3.51. The highest BCUT2D eigenvalue weighted by Crippen LogP contribution is 2.42. The Bertz CT molecular complexity index is 545. The average Bonchev–Trinajstić information content (AvgIpc) is 3.27. The summed E-state index contributed by atoms with van der Waals surface area (Å²) >= 11 is 0. The first-order valence-corrected chi connectivity index (χ1v) is 8.95. The number of aliphatic imine (C=N–C) groups is 1. The molecule has 2 saturated carbocycles. The summed E-state index contributed by atoms with van der Waals surface area (Å²) in [5.74, 6) is 1.92. The molecule has 4 nitrogen and oxygen atoms in total. The van der Waals surface area contributed by atoms with Gasteiger partial charge in [-0.2, -0.15) is 0 Å². The lowest BCUT2D eigenvalue weighted by atomic mass is 9.79. The van der Waals surface area contributed by atoms with Crippen LogP contribution >= 0.6 is 0 Å². The zero-order valence-electron chi connectivity index (χ0n) is 14.4. The maximum Gasteiger partial charge on any atom is 0.191 e. The summed E-state index contributed by atoms with van der Waals surface area (Å²) in [4.78, 5) is 4.93. The molecule has 3 rings (SSSR count). The summed E-state index contributed by atoms with van der Waals surface area (Å²) < 4.78 is 5.42. The first kappa shape index (κ1) is 16.2. The molecule has 1 aromatic rings. The van der Waals surface area contributed by atoms with Gasteiger partial charge in [0.15, 0.2) is 5.96 Å². The molecule has 1 aromatic carbocycles. The Hall–Kier alpha value is -1.71. The lowest BCUT2D eigenvalue weighted by Crippen LogP contribution is -2.40. The summed E-state index contributed by atoms with van der Waals surface area (Å²) in [7, 11) is 1.74. The fraction of sp³-hybridized carbons (Fsp3) is 0.632. The number of rotatable bonds is 6. The van der Waals surface area contributed by atoms with Gasteiger partial charge in [-0.1, -0.05) is 25.0 Å². The average molecular weight is 315 g/mol. The number of hydrogen-bond acceptors (Lipinski definition) is 2. The van der Waals surface area contributed by atoms with Crippen LogP contribution in [-0.2, 0) is 5.41 Å². The second-order valence-corrected chi connectivity index (χ2v) is 6.83. The van der Waals surface area contributed by atoms with Gasteiger partial charge < -0.3 is 15.4 Å². The molecule has 4 heteroatoms. The van der Waals surface area contributed by atoms with Crippen LogP contribution < -0.4 is 15.4 Å². The van der Waals surface area contributed by atoms with E-state index in [0.717, 1.165) is 24.8 Å². The van der Waals surface area contributed by atoms with Crippen LogP contribution in [0.5, 0.6) is 5.75 Å². The van der Waals surface area contributed by atoms with E-state index in [-0.39, 0.29) is 5.41 Å². The first-order valence-electron chi connectivity index (χ1n) is 8.95. The maximum atomic E-state index is 5.42. The summed E-state index contributed by atoms with van der Waals surface area (Å²) in [6.45, 7) is 3.88. The molecule has 2 aliphatic carbocycles. The zero-order chi connectivity index (χ0) is 16.1. The SMILES string of the molecule is CCNC(=NCC1(c2cccc(OC)c2)CCCC1)NC1CC1. The second kappa shape index (κ2) is 7.24. The van der Waals surface area contributed by atoms with Crippen molar-refractivity contribution in [2.24, 2.45) is 4.99 Å². The number of benzene rings is 1. The summed E-state index contributed by atoms with van der Waals surface area (Å²) in [5, 5.41) is 6.90. The molecule has 126 valence electrons. The molecule has 0 aromatic heterocycles. The molecule has 0 heterocycles. The van der Waals surface area contributed by atoms with Crippen molar-refractivity contribution in [1.82, 2.24) is 10.6 Å². The minimum absolute atomic E-state index is 0.167. The van der Waals surface area contributed by atoms with Gasteiger partial charge in [0.25, 0.3) is 0 Å². The fourth-order valence-electron chi connectivity index (χ4n) is 3.51. The van der Waals surface area contributed by atoms with Gasteiger partial charge in [0.05, 0.1) is 13.7 Å². The Balaban J connectivity index is 1.79. The summed E-state index contributed by atoms with van der Waals surface area (Å²) in [5.41, 5.74) is 1.54. The van der Waals surface area contributed by atoms with Crippen LogP contribution in [0.3, 0.4) is 0 Å². The van der Waals surface area contributed by atoms with Gasteiger partial charge in [-0.3, -0.25) is 4.99 Å². The van der Waals surface area contributed by atoms with Crippen LogP contribution in [0.25, 0.3) is 0 Å². The number of nitrogens with one attached hydrogen (secondary N) is 2.